The number of ether oxygens (including phenoxy) is 2. The van der Waals surface area contributed by atoms with Crippen LogP contribution in [0.4, 0.5) is 0 Å². The molecular formula is C14H23BrN2O2. The van der Waals surface area contributed by atoms with Crippen molar-refractivity contribution in [2.24, 2.45) is 0 Å². The molecule has 0 spiro atoms. The van der Waals surface area contributed by atoms with Crippen LogP contribution < -0.4 is 4.74 Å². The van der Waals surface area contributed by atoms with E-state index in [1.54, 1.807) is 7.11 Å². The fraction of sp³-hybridized carbons (Fsp3) is 0.643. The predicted molar refractivity (Wildman–Crippen MR) is 80.9 cm³/mol. The molecule has 0 aliphatic carbocycles. The summed E-state index contributed by atoms with van der Waals surface area (Å²) in [7, 11) is 1.64. The van der Waals surface area contributed by atoms with Crippen molar-refractivity contribution in [2.45, 2.75) is 26.4 Å². The van der Waals surface area contributed by atoms with Gasteiger partial charge in [0.1, 0.15) is 0 Å². The summed E-state index contributed by atoms with van der Waals surface area (Å²) >= 11 is 3.35. The van der Waals surface area contributed by atoms with Crippen molar-refractivity contribution < 1.29 is 9.47 Å². The average Bonchev–Trinajstić information content (AvgIpc) is 2.42. The lowest BCUT2D eigenvalue weighted by molar-refractivity contribution is 0.0984. The van der Waals surface area contributed by atoms with E-state index in [-0.39, 0.29) is 0 Å². The summed E-state index contributed by atoms with van der Waals surface area (Å²) in [5.74, 6) is 0.664. The van der Waals surface area contributed by atoms with Crippen molar-refractivity contribution in [3.8, 4) is 5.88 Å². The summed E-state index contributed by atoms with van der Waals surface area (Å²) in [5.41, 5.74) is 1.02. The van der Waals surface area contributed by atoms with Gasteiger partial charge in [0.25, 0.3) is 0 Å². The molecule has 1 aromatic heterocycles. The van der Waals surface area contributed by atoms with E-state index in [0.29, 0.717) is 11.9 Å². The molecule has 0 saturated heterocycles. The zero-order valence-corrected chi connectivity index (χ0v) is 13.5. The molecule has 0 atom stereocenters. The monoisotopic (exact) mass is 330 g/mol. The van der Waals surface area contributed by atoms with Crippen LogP contribution in [0.2, 0.25) is 0 Å². The van der Waals surface area contributed by atoms with E-state index < -0.39 is 0 Å². The number of rotatable bonds is 9. The Morgan fingerprint density at radius 1 is 1.32 bits per heavy atom. The van der Waals surface area contributed by atoms with Gasteiger partial charge in [0, 0.05) is 30.5 Å². The lowest BCUT2D eigenvalue weighted by atomic mass is 10.2. The Kier molecular flexibility index (Phi) is 8.02. The van der Waals surface area contributed by atoms with E-state index in [2.05, 4.69) is 39.7 Å². The van der Waals surface area contributed by atoms with Gasteiger partial charge in [-0.25, -0.2) is 4.98 Å². The Morgan fingerprint density at radius 2 is 2.11 bits per heavy atom. The van der Waals surface area contributed by atoms with Crippen molar-refractivity contribution in [2.75, 3.05) is 32.2 Å². The Hall–Kier alpha value is -0.650. The van der Waals surface area contributed by atoms with Gasteiger partial charge < -0.3 is 9.47 Å². The standard InChI is InChI=1S/C14H23BrN2O2/c1-12(2)17(8-10-19-9-7-15)11-13-5-4-6-14(16-13)18-3/h4-6,12H,7-11H2,1-3H3. The van der Waals surface area contributed by atoms with Gasteiger partial charge in [0.15, 0.2) is 0 Å². The molecule has 0 fully saturated rings. The minimum atomic E-state index is 0.459. The summed E-state index contributed by atoms with van der Waals surface area (Å²) in [6, 6.07) is 6.32. The molecule has 0 aliphatic rings. The molecule has 0 bridgehead atoms. The highest BCUT2D eigenvalue weighted by molar-refractivity contribution is 9.09. The Morgan fingerprint density at radius 3 is 2.74 bits per heavy atom. The third kappa shape index (κ3) is 6.36. The van der Waals surface area contributed by atoms with E-state index >= 15 is 0 Å². The summed E-state index contributed by atoms with van der Waals surface area (Å²) in [6.07, 6.45) is 0. The van der Waals surface area contributed by atoms with Crippen LogP contribution in [-0.4, -0.2) is 48.1 Å². The Labute approximate surface area is 124 Å². The molecule has 5 heteroatoms. The smallest absolute Gasteiger partial charge is 0.213 e. The van der Waals surface area contributed by atoms with E-state index in [1.165, 1.54) is 0 Å². The molecule has 19 heavy (non-hydrogen) atoms. The first kappa shape index (κ1) is 16.4. The molecule has 0 aromatic carbocycles. The number of nitrogens with zero attached hydrogens (tertiary/aromatic N) is 2. The molecular weight excluding hydrogens is 308 g/mol. The van der Waals surface area contributed by atoms with Crippen LogP contribution in [0.15, 0.2) is 18.2 Å². The molecule has 108 valence electrons. The number of alkyl halides is 1. The highest BCUT2D eigenvalue weighted by Gasteiger charge is 2.11. The minimum absolute atomic E-state index is 0.459. The lowest BCUT2D eigenvalue weighted by Gasteiger charge is -2.26. The van der Waals surface area contributed by atoms with Crippen LogP contribution in [0.5, 0.6) is 5.88 Å². The molecule has 1 aromatic rings. The number of pyridine rings is 1. The number of methoxy groups -OCH3 is 1. The zero-order chi connectivity index (χ0) is 14.1. The first-order valence-corrected chi connectivity index (χ1v) is 7.67. The van der Waals surface area contributed by atoms with Crippen LogP contribution >= 0.6 is 15.9 Å². The van der Waals surface area contributed by atoms with Gasteiger partial charge in [-0.05, 0) is 19.9 Å². The van der Waals surface area contributed by atoms with Gasteiger partial charge >= 0.3 is 0 Å². The summed E-state index contributed by atoms with van der Waals surface area (Å²) in [6.45, 7) is 7.59. The second kappa shape index (κ2) is 9.28. The van der Waals surface area contributed by atoms with Crippen LogP contribution in [-0.2, 0) is 11.3 Å². The molecule has 1 rings (SSSR count). The first-order valence-electron chi connectivity index (χ1n) is 6.55. The van der Waals surface area contributed by atoms with Gasteiger partial charge in [-0.15, -0.1) is 0 Å². The van der Waals surface area contributed by atoms with Gasteiger partial charge in [-0.3, -0.25) is 4.90 Å². The average molecular weight is 331 g/mol. The quantitative estimate of drug-likeness (QED) is 0.515. The van der Waals surface area contributed by atoms with Crippen LogP contribution in [0.25, 0.3) is 0 Å². The topological polar surface area (TPSA) is 34.6 Å². The molecule has 1 heterocycles. The molecule has 0 N–H and O–H groups in total. The fourth-order valence-corrected chi connectivity index (χ4v) is 1.95. The maximum Gasteiger partial charge on any atom is 0.213 e. The van der Waals surface area contributed by atoms with Crippen LogP contribution in [0.3, 0.4) is 0 Å². The van der Waals surface area contributed by atoms with Gasteiger partial charge in [0.2, 0.25) is 5.88 Å². The highest BCUT2D eigenvalue weighted by Crippen LogP contribution is 2.10. The van der Waals surface area contributed by atoms with Crippen LogP contribution in [0.1, 0.15) is 19.5 Å². The normalized spacial score (nSPS) is 11.3. The van der Waals surface area contributed by atoms with E-state index in [1.807, 2.05) is 18.2 Å². The third-order valence-corrected chi connectivity index (χ3v) is 3.15. The Balaban J connectivity index is 2.52. The van der Waals surface area contributed by atoms with E-state index in [4.69, 9.17) is 9.47 Å². The second-order valence-electron chi connectivity index (χ2n) is 4.54. The number of hydrogen-bond acceptors (Lipinski definition) is 4. The fourth-order valence-electron chi connectivity index (χ4n) is 1.73. The molecule has 0 unspecified atom stereocenters. The number of halogens is 1. The third-order valence-electron chi connectivity index (χ3n) is 2.83. The van der Waals surface area contributed by atoms with E-state index in [0.717, 1.165) is 37.3 Å². The van der Waals surface area contributed by atoms with Gasteiger partial charge in [0.05, 0.1) is 26.0 Å². The maximum atomic E-state index is 5.51. The molecule has 0 radical (unpaired) electrons. The van der Waals surface area contributed by atoms with E-state index in [9.17, 15) is 0 Å². The summed E-state index contributed by atoms with van der Waals surface area (Å²) in [5, 5.41) is 0.881. The summed E-state index contributed by atoms with van der Waals surface area (Å²) < 4.78 is 10.7. The molecule has 4 nitrogen and oxygen atoms in total. The van der Waals surface area contributed by atoms with Gasteiger partial charge in [-0.2, -0.15) is 0 Å². The molecule has 0 aliphatic heterocycles. The van der Waals surface area contributed by atoms with Gasteiger partial charge in [-0.1, -0.05) is 22.0 Å². The Bertz CT molecular complexity index is 361. The number of aromatic nitrogens is 1. The SMILES string of the molecule is COc1cccc(CN(CCOCCBr)C(C)C)n1. The summed E-state index contributed by atoms with van der Waals surface area (Å²) in [4.78, 5) is 6.79. The lowest BCUT2D eigenvalue weighted by Crippen LogP contribution is -2.33. The number of hydrogen-bond donors (Lipinski definition) is 0. The van der Waals surface area contributed by atoms with Crippen molar-refractivity contribution >= 4 is 15.9 Å². The molecule has 0 saturated carbocycles. The minimum Gasteiger partial charge on any atom is -0.481 e. The van der Waals surface area contributed by atoms with Crippen molar-refractivity contribution in [1.29, 1.82) is 0 Å². The highest BCUT2D eigenvalue weighted by atomic mass is 79.9. The zero-order valence-electron chi connectivity index (χ0n) is 11.9. The van der Waals surface area contributed by atoms with Crippen molar-refractivity contribution in [1.82, 2.24) is 9.88 Å². The second-order valence-corrected chi connectivity index (χ2v) is 5.33. The largest absolute Gasteiger partial charge is 0.481 e. The van der Waals surface area contributed by atoms with Crippen LogP contribution in [0, 0.1) is 0 Å². The maximum absolute atomic E-state index is 5.51. The predicted octanol–water partition coefficient (Wildman–Crippen LogP) is 2.71. The van der Waals surface area contributed by atoms with Crippen molar-refractivity contribution in [3.05, 3.63) is 23.9 Å². The molecule has 0 amide bonds. The van der Waals surface area contributed by atoms with Crippen molar-refractivity contribution in [3.63, 3.8) is 0 Å². The first-order chi connectivity index (χ1) is 9.17.